The Labute approximate surface area is 266 Å². The second-order valence-corrected chi connectivity index (χ2v) is 11.1. The number of likely N-dealkylation sites (N-methyl/N-ethyl adjacent to an activating group) is 1. The summed E-state index contributed by atoms with van der Waals surface area (Å²) < 4.78 is 69.0. The van der Waals surface area contributed by atoms with Crippen molar-refractivity contribution in [1.29, 1.82) is 0 Å². The number of benzene rings is 1. The van der Waals surface area contributed by atoms with E-state index in [4.69, 9.17) is 24.5 Å². The fourth-order valence-electron chi connectivity index (χ4n) is 4.61. The quantitative estimate of drug-likeness (QED) is 0.170. The number of anilines is 2. The van der Waals surface area contributed by atoms with E-state index in [1.165, 1.54) is 10.4 Å². The van der Waals surface area contributed by atoms with Crippen molar-refractivity contribution in [3.8, 4) is 5.75 Å². The van der Waals surface area contributed by atoms with E-state index in [1.807, 2.05) is 42.6 Å². The lowest BCUT2D eigenvalue weighted by atomic mass is 9.87. The lowest BCUT2D eigenvalue weighted by Crippen LogP contribution is -2.69. The Bertz CT molecular complexity index is 1620. The van der Waals surface area contributed by atoms with E-state index in [9.17, 15) is 31.1 Å². The molecule has 0 bridgehead atoms. The number of hydrogen-bond acceptors (Lipinski definition) is 11. The lowest BCUT2D eigenvalue weighted by molar-refractivity contribution is -0.573. The van der Waals surface area contributed by atoms with Crippen LogP contribution in [0.25, 0.3) is 10.2 Å². The van der Waals surface area contributed by atoms with Crippen LogP contribution < -0.4 is 31.4 Å². The zero-order valence-corrected chi connectivity index (χ0v) is 25.6. The Balaban J connectivity index is 0.000000360. The summed E-state index contributed by atoms with van der Waals surface area (Å²) in [5.74, 6) is -4.24. The molecule has 0 fully saturated rings. The number of hydrogen-bond donors (Lipinski definition) is 3. The molecule has 20 heteroatoms. The molecule has 1 atom stereocenters. The maximum atomic E-state index is 12.8. The summed E-state index contributed by atoms with van der Waals surface area (Å²) in [6.45, 7) is 3.96. The highest BCUT2D eigenvalue weighted by Gasteiger charge is 2.31. The maximum absolute atomic E-state index is 12.8. The third-order valence-corrected chi connectivity index (χ3v) is 7.85. The van der Waals surface area contributed by atoms with Crippen LogP contribution in [0, 0.1) is 5.92 Å². The van der Waals surface area contributed by atoms with Crippen LogP contribution in [0.15, 0.2) is 23.6 Å². The van der Waals surface area contributed by atoms with Crippen LogP contribution >= 0.6 is 11.3 Å². The van der Waals surface area contributed by atoms with Gasteiger partial charge in [0.2, 0.25) is 5.91 Å². The van der Waals surface area contributed by atoms with Crippen molar-refractivity contribution >= 4 is 62.8 Å². The molecule has 0 radical (unpaired) electrons. The van der Waals surface area contributed by atoms with Crippen molar-refractivity contribution in [2.45, 2.75) is 38.5 Å². The first kappa shape index (κ1) is 36.9. The molecule has 6 N–H and O–H groups in total. The van der Waals surface area contributed by atoms with E-state index in [0.717, 1.165) is 64.5 Å². The number of ether oxygens (including phenoxy) is 1. The Morgan fingerprint density at radius 1 is 1.13 bits per heavy atom. The molecule has 5 rings (SSSR count). The molecule has 3 heterocycles. The monoisotopic (exact) mass is 693 g/mol. The van der Waals surface area contributed by atoms with Gasteiger partial charge in [-0.05, 0) is 37.8 Å². The minimum atomic E-state index is -5.19. The zero-order chi connectivity index (χ0) is 35.1. The normalized spacial score (nSPS) is 15.0. The number of rotatable bonds is 7. The third-order valence-electron chi connectivity index (χ3n) is 6.69. The Hall–Kier alpha value is -4.56. The highest BCUT2D eigenvalue weighted by Crippen LogP contribution is 2.42. The van der Waals surface area contributed by atoms with E-state index in [0.29, 0.717) is 13.2 Å². The second kappa shape index (κ2) is 15.4. The van der Waals surface area contributed by atoms with Gasteiger partial charge in [0.15, 0.2) is 5.69 Å². The van der Waals surface area contributed by atoms with Gasteiger partial charge in [-0.15, -0.1) is 11.3 Å². The smallest absolute Gasteiger partial charge is 0.430 e. The van der Waals surface area contributed by atoms with Gasteiger partial charge in [0.05, 0.1) is 42.5 Å². The number of alkyl halides is 6. The molecule has 256 valence electrons. The number of halogens is 6. The summed E-state index contributed by atoms with van der Waals surface area (Å²) in [6, 6.07) is 4.06. The number of aryl methyl sites for hydroxylation is 1. The number of thiophene rings is 1. The van der Waals surface area contributed by atoms with Crippen molar-refractivity contribution in [2.75, 3.05) is 32.1 Å². The molecule has 0 spiro atoms. The predicted molar refractivity (Wildman–Crippen MR) is 151 cm³/mol. The van der Waals surface area contributed by atoms with Crippen LogP contribution in [0.3, 0.4) is 0 Å². The SMILES string of the molecule is CCOc1cc2c(cc1Nc1ncnc3sc4c(c13)CCC(C(=O)N(C)CC[NH3+])C4)C=N[NH2+]2.O=C([O-])C(F)(F)F.O=C([O-])C(F)(F)F. The number of amides is 1. The number of carbonyl (C=O) groups excluding carboxylic acids is 3. The van der Waals surface area contributed by atoms with E-state index < -0.39 is 24.3 Å². The van der Waals surface area contributed by atoms with Gasteiger partial charge < -0.3 is 40.5 Å². The number of nitrogens with zero attached hydrogens (tertiary/aromatic N) is 4. The second-order valence-electron chi connectivity index (χ2n) is 9.97. The van der Waals surface area contributed by atoms with Crippen LogP contribution in [0.4, 0.5) is 43.5 Å². The summed E-state index contributed by atoms with van der Waals surface area (Å²) in [5.41, 5.74) is 9.92. The van der Waals surface area contributed by atoms with E-state index >= 15 is 0 Å². The predicted octanol–water partition coefficient (Wildman–Crippen LogP) is -0.222. The number of carboxylic acids is 2. The molecule has 0 saturated carbocycles. The Morgan fingerprint density at radius 3 is 2.34 bits per heavy atom. The van der Waals surface area contributed by atoms with Crippen LogP contribution in [0.1, 0.15) is 29.3 Å². The number of fused-ring (bicyclic) bond motifs is 4. The van der Waals surface area contributed by atoms with E-state index in [1.54, 1.807) is 17.7 Å². The van der Waals surface area contributed by atoms with Crippen LogP contribution in [-0.2, 0) is 27.2 Å². The summed E-state index contributed by atoms with van der Waals surface area (Å²) >= 11 is 1.67. The molecule has 3 aromatic rings. The first-order chi connectivity index (χ1) is 22.0. The van der Waals surface area contributed by atoms with Crippen LogP contribution in [0.2, 0.25) is 0 Å². The molecule has 13 nitrogen and oxygen atoms in total. The topological polar surface area (TPSA) is 204 Å². The van der Waals surface area contributed by atoms with Gasteiger partial charge in [-0.25, -0.2) is 9.97 Å². The number of nitrogens with one attached hydrogen (secondary N) is 1. The number of nitrogens with two attached hydrogens (primary N) is 1. The number of quaternary nitrogens is 2. The fourth-order valence-corrected chi connectivity index (χ4v) is 5.88. The highest BCUT2D eigenvalue weighted by molar-refractivity contribution is 7.19. The summed E-state index contributed by atoms with van der Waals surface area (Å²) in [7, 11) is 1.87. The lowest BCUT2D eigenvalue weighted by Gasteiger charge is -2.26. The first-order valence-electron chi connectivity index (χ1n) is 13.8. The number of aliphatic carboxylic acids is 2. The van der Waals surface area contributed by atoms with Gasteiger partial charge in [0, 0.05) is 23.9 Å². The van der Waals surface area contributed by atoms with Crippen molar-refractivity contribution in [1.82, 2.24) is 14.9 Å². The Kier molecular flexibility index (Phi) is 12.1. The van der Waals surface area contributed by atoms with Crippen molar-refractivity contribution in [2.24, 2.45) is 11.0 Å². The first-order valence-corrected chi connectivity index (χ1v) is 14.6. The number of carbonyl (C=O) groups is 3. The van der Waals surface area contributed by atoms with Gasteiger partial charge in [-0.3, -0.25) is 4.79 Å². The molecule has 1 aliphatic carbocycles. The third kappa shape index (κ3) is 9.48. The molecule has 2 aromatic heterocycles. The molecule has 1 aliphatic heterocycles. The number of aromatic nitrogens is 2. The largest absolute Gasteiger partial charge is 0.542 e. The summed E-state index contributed by atoms with van der Waals surface area (Å²) in [4.78, 5) is 43.6. The average Bonchev–Trinajstić information content (AvgIpc) is 3.60. The van der Waals surface area contributed by atoms with Gasteiger partial charge in [-0.2, -0.15) is 31.8 Å². The van der Waals surface area contributed by atoms with Gasteiger partial charge in [-0.1, -0.05) is 5.10 Å². The molecule has 0 saturated heterocycles. The van der Waals surface area contributed by atoms with Crippen molar-refractivity contribution in [3.63, 3.8) is 0 Å². The van der Waals surface area contributed by atoms with Gasteiger partial charge in [0.25, 0.3) is 0 Å². The standard InChI is InChI=1S/C23H27N7O2S.2C2HF3O2/c1-3-32-18-10-16-14(11-27-29-16)8-17(18)28-21-20-15-5-4-13(23(31)30(2)7-6-24)9-19(15)33-22(20)26-12-25-21;2*3-2(4,5)1(6)7/h8,10-13H,3-7,9,24H2,1-2H3,(H,27,29)(H,25,26,28);2*(H,6,7). The molecule has 47 heavy (non-hydrogen) atoms. The minimum Gasteiger partial charge on any atom is -0.542 e. The van der Waals surface area contributed by atoms with E-state index in [-0.39, 0.29) is 11.8 Å². The van der Waals surface area contributed by atoms with E-state index in [2.05, 4.69) is 26.1 Å². The molecule has 1 aromatic carbocycles. The molecule has 1 amide bonds. The summed E-state index contributed by atoms with van der Waals surface area (Å²) in [6.07, 6.45) is -4.51. The molecule has 1 unspecified atom stereocenters. The summed E-state index contributed by atoms with van der Waals surface area (Å²) in [5, 5.41) is 26.4. The molecular weight excluding hydrogens is 664 g/mol. The number of carboxylic acid groups (broad SMARTS) is 2. The van der Waals surface area contributed by atoms with Crippen molar-refractivity contribution < 1.29 is 66.8 Å². The van der Waals surface area contributed by atoms with Crippen LogP contribution in [-0.4, -0.2) is 78.0 Å². The van der Waals surface area contributed by atoms with Gasteiger partial charge >= 0.3 is 12.4 Å². The Morgan fingerprint density at radius 2 is 1.77 bits per heavy atom. The van der Waals surface area contributed by atoms with Gasteiger partial charge in [0.1, 0.15) is 34.7 Å². The fraction of sp³-hybridized carbons (Fsp3) is 0.407. The van der Waals surface area contributed by atoms with Crippen LogP contribution in [0.5, 0.6) is 5.75 Å². The molecular formula is C27H29F6N7O6S. The molecule has 2 aliphatic rings. The zero-order valence-electron chi connectivity index (χ0n) is 24.8. The minimum absolute atomic E-state index is 0.0169. The van der Waals surface area contributed by atoms with Crippen molar-refractivity contribution in [3.05, 3.63) is 34.5 Å². The average molecular weight is 694 g/mol. The highest BCUT2D eigenvalue weighted by atomic mass is 32.1. The maximum Gasteiger partial charge on any atom is 0.430 e.